The van der Waals surface area contributed by atoms with Crippen LogP contribution in [0.25, 0.3) is 0 Å². The third-order valence-corrected chi connectivity index (χ3v) is 5.94. The molecule has 0 heterocycles. The van der Waals surface area contributed by atoms with E-state index in [9.17, 15) is 13.2 Å². The molecule has 0 saturated heterocycles. The number of nitrogens with zero attached hydrogens (tertiary/aromatic N) is 1. The molecule has 0 saturated carbocycles. The van der Waals surface area contributed by atoms with Gasteiger partial charge in [0.05, 0.1) is 11.9 Å². The third kappa shape index (κ3) is 7.09. The average Bonchev–Trinajstić information content (AvgIpc) is 2.70. The normalized spacial score (nSPS) is 13.4. The fourth-order valence-electron chi connectivity index (χ4n) is 2.85. The van der Waals surface area contributed by atoms with Gasteiger partial charge in [0.15, 0.2) is 6.10 Å². The van der Waals surface area contributed by atoms with E-state index in [0.717, 1.165) is 19.1 Å². The Hall–Kier alpha value is -2.54. The highest BCUT2D eigenvalue weighted by molar-refractivity contribution is 7.92. The van der Waals surface area contributed by atoms with Crippen molar-refractivity contribution in [3.05, 3.63) is 60.2 Å². The van der Waals surface area contributed by atoms with Crippen molar-refractivity contribution in [1.29, 1.82) is 0 Å². The van der Waals surface area contributed by atoms with E-state index in [1.54, 1.807) is 24.3 Å². The largest absolute Gasteiger partial charge is 0.481 e. The van der Waals surface area contributed by atoms with Crippen molar-refractivity contribution in [2.24, 2.45) is 0 Å². The van der Waals surface area contributed by atoms with E-state index < -0.39 is 16.1 Å². The van der Waals surface area contributed by atoms with E-state index in [1.165, 1.54) is 16.9 Å². The molecule has 0 fully saturated rings. The van der Waals surface area contributed by atoms with Gasteiger partial charge >= 0.3 is 0 Å². The fraction of sp³-hybridized carbons (Fsp3) is 0.409. The summed E-state index contributed by atoms with van der Waals surface area (Å²) in [7, 11) is -1.83. The Kier molecular flexibility index (Phi) is 8.08. The van der Waals surface area contributed by atoms with Gasteiger partial charge < -0.3 is 10.1 Å². The van der Waals surface area contributed by atoms with E-state index >= 15 is 0 Å². The van der Waals surface area contributed by atoms with Crippen LogP contribution in [0.3, 0.4) is 0 Å². The van der Waals surface area contributed by atoms with Gasteiger partial charge in [-0.2, -0.15) is 0 Å². The first-order valence-corrected chi connectivity index (χ1v) is 11.6. The molecule has 1 amide bonds. The Morgan fingerprint density at radius 1 is 1.10 bits per heavy atom. The number of carbonyl (C=O) groups excluding carboxylic acids is 1. The SMILES string of the molecule is CCC(Oc1ccc(N(C)S(C)(=O)=O)cc1)C(=O)NC(C)CCc1ccccc1. The van der Waals surface area contributed by atoms with E-state index in [1.807, 2.05) is 32.0 Å². The summed E-state index contributed by atoms with van der Waals surface area (Å²) < 4.78 is 30.3. The summed E-state index contributed by atoms with van der Waals surface area (Å²) in [4.78, 5) is 12.6. The van der Waals surface area contributed by atoms with Crippen LogP contribution in [-0.4, -0.2) is 39.8 Å². The maximum Gasteiger partial charge on any atom is 0.261 e. The number of carbonyl (C=O) groups is 1. The summed E-state index contributed by atoms with van der Waals surface area (Å²) in [5.41, 5.74) is 1.78. The maximum atomic E-state index is 12.6. The third-order valence-electron chi connectivity index (χ3n) is 4.74. The summed E-state index contributed by atoms with van der Waals surface area (Å²) in [5, 5.41) is 3.02. The molecular weight excluding hydrogens is 388 g/mol. The van der Waals surface area contributed by atoms with Crippen LogP contribution in [0, 0.1) is 0 Å². The summed E-state index contributed by atoms with van der Waals surface area (Å²) in [5.74, 6) is 0.375. The van der Waals surface area contributed by atoms with Crippen LogP contribution >= 0.6 is 0 Å². The number of aryl methyl sites for hydroxylation is 1. The number of rotatable bonds is 10. The average molecular weight is 419 g/mol. The van der Waals surface area contributed by atoms with Gasteiger partial charge in [0.1, 0.15) is 5.75 Å². The highest BCUT2D eigenvalue weighted by Gasteiger charge is 2.20. The molecule has 1 N–H and O–H groups in total. The number of anilines is 1. The Bertz CT molecular complexity index is 883. The molecule has 0 bridgehead atoms. The van der Waals surface area contributed by atoms with Crippen molar-refractivity contribution >= 4 is 21.6 Å². The molecule has 0 aliphatic heterocycles. The van der Waals surface area contributed by atoms with Crippen LogP contribution in [-0.2, 0) is 21.2 Å². The fourth-order valence-corrected chi connectivity index (χ4v) is 3.35. The molecule has 7 heteroatoms. The minimum absolute atomic E-state index is 0.0335. The van der Waals surface area contributed by atoms with Gasteiger partial charge in [-0.3, -0.25) is 9.10 Å². The molecule has 2 atom stereocenters. The molecule has 158 valence electrons. The van der Waals surface area contributed by atoms with Gasteiger partial charge in [-0.25, -0.2) is 8.42 Å². The lowest BCUT2D eigenvalue weighted by Crippen LogP contribution is -2.42. The van der Waals surface area contributed by atoms with Gasteiger partial charge in [-0.05, 0) is 56.0 Å². The monoisotopic (exact) mass is 418 g/mol. The predicted octanol–water partition coefficient (Wildman–Crippen LogP) is 3.38. The summed E-state index contributed by atoms with van der Waals surface area (Å²) in [6.45, 7) is 3.88. The minimum atomic E-state index is -3.32. The molecule has 0 aliphatic rings. The standard InChI is InChI=1S/C22H30N2O4S/c1-5-21(22(25)23-17(2)11-12-18-9-7-6-8-10-18)28-20-15-13-19(14-16-20)24(3)29(4,26)27/h6-10,13-17,21H,5,11-12H2,1-4H3,(H,23,25). The van der Waals surface area contributed by atoms with Crippen LogP contribution in [0.5, 0.6) is 5.75 Å². The Labute approximate surface area is 173 Å². The molecule has 0 spiro atoms. The van der Waals surface area contributed by atoms with Gasteiger partial charge in [-0.1, -0.05) is 37.3 Å². The Morgan fingerprint density at radius 2 is 1.72 bits per heavy atom. The lowest BCUT2D eigenvalue weighted by atomic mass is 10.1. The van der Waals surface area contributed by atoms with Crippen LogP contribution in [0.15, 0.2) is 54.6 Å². The van der Waals surface area contributed by atoms with Gasteiger partial charge in [0, 0.05) is 13.1 Å². The molecular formula is C22H30N2O4S. The highest BCUT2D eigenvalue weighted by Crippen LogP contribution is 2.21. The number of benzene rings is 2. The van der Waals surface area contributed by atoms with E-state index in [-0.39, 0.29) is 11.9 Å². The number of sulfonamides is 1. The number of hydrogen-bond donors (Lipinski definition) is 1. The zero-order valence-corrected chi connectivity index (χ0v) is 18.3. The van der Waals surface area contributed by atoms with Crippen LogP contribution in [0.4, 0.5) is 5.69 Å². The quantitative estimate of drug-likeness (QED) is 0.642. The molecule has 2 rings (SSSR count). The lowest BCUT2D eigenvalue weighted by Gasteiger charge is -2.21. The maximum absolute atomic E-state index is 12.6. The van der Waals surface area contributed by atoms with Crippen LogP contribution in [0.2, 0.25) is 0 Å². The first-order chi connectivity index (χ1) is 13.7. The molecule has 0 aromatic heterocycles. The zero-order valence-electron chi connectivity index (χ0n) is 17.5. The van der Waals surface area contributed by atoms with Crippen molar-refractivity contribution < 1.29 is 17.9 Å². The van der Waals surface area contributed by atoms with Crippen molar-refractivity contribution in [3.8, 4) is 5.75 Å². The lowest BCUT2D eigenvalue weighted by molar-refractivity contribution is -0.128. The minimum Gasteiger partial charge on any atom is -0.481 e. The zero-order chi connectivity index (χ0) is 21.4. The number of ether oxygens (including phenoxy) is 1. The number of amides is 1. The van der Waals surface area contributed by atoms with Gasteiger partial charge in [0.2, 0.25) is 10.0 Å². The molecule has 2 unspecified atom stereocenters. The van der Waals surface area contributed by atoms with Gasteiger partial charge in [-0.15, -0.1) is 0 Å². The Balaban J connectivity index is 1.90. The summed E-state index contributed by atoms with van der Waals surface area (Å²) >= 11 is 0. The summed E-state index contributed by atoms with van der Waals surface area (Å²) in [6, 6.07) is 16.9. The van der Waals surface area contributed by atoms with Crippen molar-refractivity contribution in [3.63, 3.8) is 0 Å². The molecule has 6 nitrogen and oxygen atoms in total. The van der Waals surface area contributed by atoms with Crippen molar-refractivity contribution in [1.82, 2.24) is 5.32 Å². The molecule has 2 aromatic rings. The van der Waals surface area contributed by atoms with E-state index in [2.05, 4.69) is 17.4 Å². The molecule has 2 aromatic carbocycles. The number of hydrogen-bond acceptors (Lipinski definition) is 4. The first-order valence-electron chi connectivity index (χ1n) is 9.75. The van der Waals surface area contributed by atoms with E-state index in [4.69, 9.17) is 4.74 Å². The molecule has 0 radical (unpaired) electrons. The second-order valence-corrected chi connectivity index (χ2v) is 9.19. The van der Waals surface area contributed by atoms with Crippen LogP contribution < -0.4 is 14.4 Å². The van der Waals surface area contributed by atoms with E-state index in [0.29, 0.717) is 17.9 Å². The second-order valence-electron chi connectivity index (χ2n) is 7.17. The summed E-state index contributed by atoms with van der Waals surface area (Å²) in [6.07, 6.45) is 2.82. The second kappa shape index (κ2) is 10.3. The van der Waals surface area contributed by atoms with Crippen LogP contribution in [0.1, 0.15) is 32.3 Å². The highest BCUT2D eigenvalue weighted by atomic mass is 32.2. The molecule has 0 aliphatic carbocycles. The Morgan fingerprint density at radius 3 is 2.28 bits per heavy atom. The van der Waals surface area contributed by atoms with Crippen molar-refractivity contribution in [2.75, 3.05) is 17.6 Å². The first kappa shape index (κ1) is 22.7. The number of nitrogens with one attached hydrogen (secondary N) is 1. The smallest absolute Gasteiger partial charge is 0.261 e. The topological polar surface area (TPSA) is 75.7 Å². The molecule has 29 heavy (non-hydrogen) atoms. The van der Waals surface area contributed by atoms with Crippen molar-refractivity contribution in [2.45, 2.75) is 45.3 Å². The van der Waals surface area contributed by atoms with Gasteiger partial charge in [0.25, 0.3) is 5.91 Å². The predicted molar refractivity (Wildman–Crippen MR) is 117 cm³/mol.